The van der Waals surface area contributed by atoms with E-state index in [-0.39, 0.29) is 23.4 Å². The quantitative estimate of drug-likeness (QED) is 0.472. The molecule has 1 saturated carbocycles. The van der Waals surface area contributed by atoms with E-state index in [2.05, 4.69) is 39.7 Å². The van der Waals surface area contributed by atoms with Gasteiger partial charge in [-0.25, -0.2) is 4.99 Å². The van der Waals surface area contributed by atoms with Crippen molar-refractivity contribution in [2.45, 2.75) is 51.2 Å². The van der Waals surface area contributed by atoms with Crippen molar-refractivity contribution in [1.29, 1.82) is 5.26 Å². The van der Waals surface area contributed by atoms with Crippen molar-refractivity contribution in [2.24, 2.45) is 16.6 Å². The zero-order valence-corrected chi connectivity index (χ0v) is 16.5. The third kappa shape index (κ3) is 3.89. The zero-order chi connectivity index (χ0) is 20.4. The summed E-state index contributed by atoms with van der Waals surface area (Å²) in [6, 6.07) is 10.5. The maximum Gasteiger partial charge on any atom is 0.261 e. The normalized spacial score (nSPS) is 24.0. The molecule has 1 aromatic carbocycles. The van der Waals surface area contributed by atoms with E-state index in [0.29, 0.717) is 17.3 Å². The second kappa shape index (κ2) is 8.10. The van der Waals surface area contributed by atoms with Gasteiger partial charge in [0, 0.05) is 24.8 Å². The first-order valence-corrected chi connectivity index (χ1v) is 10.2. The maximum absolute atomic E-state index is 12.6. The molecule has 0 saturated heterocycles. The molecule has 7 nitrogen and oxygen atoms in total. The van der Waals surface area contributed by atoms with Gasteiger partial charge < -0.3 is 21.4 Å². The van der Waals surface area contributed by atoms with Crippen LogP contribution in [0.3, 0.4) is 0 Å². The summed E-state index contributed by atoms with van der Waals surface area (Å²) in [5, 5.41) is 16.2. The lowest BCUT2D eigenvalue weighted by Gasteiger charge is -2.29. The Morgan fingerprint density at radius 1 is 1.31 bits per heavy atom. The molecule has 1 aliphatic heterocycles. The largest absolute Gasteiger partial charge is 0.383 e. The van der Waals surface area contributed by atoms with Gasteiger partial charge in [-0.3, -0.25) is 4.79 Å². The molecule has 7 heteroatoms. The number of aromatic nitrogens is 1. The Labute approximate surface area is 170 Å². The molecule has 0 radical (unpaired) electrons. The predicted octanol–water partition coefficient (Wildman–Crippen LogP) is 3.07. The minimum atomic E-state index is -0.294. The van der Waals surface area contributed by atoms with Crippen LogP contribution >= 0.6 is 0 Å². The predicted molar refractivity (Wildman–Crippen MR) is 114 cm³/mol. The topological polar surface area (TPSA) is 119 Å². The number of rotatable bonds is 4. The summed E-state index contributed by atoms with van der Waals surface area (Å²) in [6.07, 6.45) is 5.50. The van der Waals surface area contributed by atoms with E-state index in [4.69, 9.17) is 5.73 Å². The molecule has 2 aromatic rings. The summed E-state index contributed by atoms with van der Waals surface area (Å²) in [4.78, 5) is 19.8. The van der Waals surface area contributed by atoms with E-state index in [0.717, 1.165) is 37.9 Å². The molecule has 29 heavy (non-hydrogen) atoms. The lowest BCUT2D eigenvalue weighted by molar-refractivity contribution is 0.388. The number of nitriles is 1. The molecule has 0 amide bonds. The van der Waals surface area contributed by atoms with Crippen molar-refractivity contribution in [3.63, 3.8) is 0 Å². The zero-order valence-electron chi connectivity index (χ0n) is 16.5. The Morgan fingerprint density at radius 3 is 2.97 bits per heavy atom. The number of pyridine rings is 1. The summed E-state index contributed by atoms with van der Waals surface area (Å²) >= 11 is 0. The van der Waals surface area contributed by atoms with Gasteiger partial charge in [0.15, 0.2) is 0 Å². The van der Waals surface area contributed by atoms with E-state index in [9.17, 15) is 10.1 Å². The fraction of sp³-hybridized carbons (Fsp3) is 0.409. The molecule has 1 aromatic heterocycles. The van der Waals surface area contributed by atoms with Crippen molar-refractivity contribution in [3.8, 4) is 6.07 Å². The van der Waals surface area contributed by atoms with Gasteiger partial charge in [0.05, 0.1) is 23.4 Å². The van der Waals surface area contributed by atoms with Gasteiger partial charge in [-0.2, -0.15) is 5.26 Å². The fourth-order valence-electron chi connectivity index (χ4n) is 4.32. The first kappa shape index (κ1) is 19.2. The van der Waals surface area contributed by atoms with Crippen LogP contribution in [0.15, 0.2) is 40.2 Å². The van der Waals surface area contributed by atoms with Gasteiger partial charge in [-0.05, 0) is 49.1 Å². The van der Waals surface area contributed by atoms with Crippen LogP contribution in [0.2, 0.25) is 0 Å². The number of aromatic amines is 1. The molecule has 1 fully saturated rings. The SMILES string of the molecule is CC1NCc2cc(N=C(N)c3c(N[C@H]4CCCCC4C#N)cc[nH]c3=O)ccc21. The molecular formula is C22H26N6O. The number of amidine groups is 1. The molecular weight excluding hydrogens is 364 g/mol. The minimum absolute atomic E-state index is 0.00894. The van der Waals surface area contributed by atoms with Gasteiger partial charge in [-0.1, -0.05) is 18.9 Å². The van der Waals surface area contributed by atoms with Crippen LogP contribution in [0.5, 0.6) is 0 Å². The molecule has 1 aliphatic carbocycles. The van der Waals surface area contributed by atoms with Gasteiger partial charge in [0.1, 0.15) is 11.4 Å². The average molecular weight is 390 g/mol. The molecule has 2 heterocycles. The highest BCUT2D eigenvalue weighted by molar-refractivity contribution is 6.03. The number of anilines is 1. The molecule has 2 aliphatic rings. The summed E-state index contributed by atoms with van der Waals surface area (Å²) in [5.41, 5.74) is 10.1. The minimum Gasteiger partial charge on any atom is -0.383 e. The Morgan fingerprint density at radius 2 is 2.14 bits per heavy atom. The van der Waals surface area contributed by atoms with E-state index < -0.39 is 0 Å². The monoisotopic (exact) mass is 390 g/mol. The van der Waals surface area contributed by atoms with Crippen LogP contribution in [0, 0.1) is 17.2 Å². The highest BCUT2D eigenvalue weighted by Gasteiger charge is 2.26. The number of hydrogen-bond donors (Lipinski definition) is 4. The van der Waals surface area contributed by atoms with Crippen molar-refractivity contribution in [2.75, 3.05) is 5.32 Å². The second-order valence-corrected chi connectivity index (χ2v) is 7.85. The smallest absolute Gasteiger partial charge is 0.261 e. The Kier molecular flexibility index (Phi) is 5.36. The number of nitrogens with one attached hydrogen (secondary N) is 3. The van der Waals surface area contributed by atoms with Crippen molar-refractivity contribution < 1.29 is 0 Å². The average Bonchev–Trinajstić information content (AvgIpc) is 3.08. The number of hydrogen-bond acceptors (Lipinski definition) is 5. The second-order valence-electron chi connectivity index (χ2n) is 7.85. The number of nitrogens with two attached hydrogens (primary N) is 1. The molecule has 0 bridgehead atoms. The van der Waals surface area contributed by atoms with Crippen molar-refractivity contribution >= 4 is 17.2 Å². The van der Waals surface area contributed by atoms with Crippen LogP contribution in [0.25, 0.3) is 0 Å². The van der Waals surface area contributed by atoms with E-state index >= 15 is 0 Å². The molecule has 3 atom stereocenters. The van der Waals surface area contributed by atoms with Crippen molar-refractivity contribution in [3.05, 3.63) is 57.5 Å². The molecule has 2 unspecified atom stereocenters. The van der Waals surface area contributed by atoms with Gasteiger partial charge in [0.2, 0.25) is 0 Å². The van der Waals surface area contributed by atoms with Crippen molar-refractivity contribution in [1.82, 2.24) is 10.3 Å². The van der Waals surface area contributed by atoms with Gasteiger partial charge in [0.25, 0.3) is 5.56 Å². The molecule has 4 rings (SSSR count). The number of aliphatic imine (C=N–C) groups is 1. The Balaban J connectivity index is 1.65. The first-order valence-electron chi connectivity index (χ1n) is 10.2. The maximum atomic E-state index is 12.6. The number of benzene rings is 1. The third-order valence-corrected chi connectivity index (χ3v) is 5.93. The highest BCUT2D eigenvalue weighted by atomic mass is 16.1. The van der Waals surface area contributed by atoms with Crippen LogP contribution in [0.1, 0.15) is 55.3 Å². The van der Waals surface area contributed by atoms with Gasteiger partial charge in [-0.15, -0.1) is 0 Å². The first-order chi connectivity index (χ1) is 14.1. The summed E-state index contributed by atoms with van der Waals surface area (Å²) in [5.74, 6) is 0.0953. The fourth-order valence-corrected chi connectivity index (χ4v) is 4.32. The Bertz CT molecular complexity index is 1030. The summed E-state index contributed by atoms with van der Waals surface area (Å²) in [6.45, 7) is 2.93. The van der Waals surface area contributed by atoms with Crippen LogP contribution in [-0.2, 0) is 6.54 Å². The van der Waals surface area contributed by atoms with E-state index in [1.807, 2.05) is 12.1 Å². The van der Waals surface area contributed by atoms with E-state index in [1.54, 1.807) is 12.3 Å². The molecule has 150 valence electrons. The molecule has 0 spiro atoms. The standard InChI is InChI=1S/C22H26N6O/c1-13-17-7-6-16(10-15(17)12-26-13)27-21(24)20-19(8-9-25-22(20)29)28-18-5-3-2-4-14(18)11-23/h6-10,13-14,18,26H,2-5,12H2,1H3,(H2,24,27)(H2,25,28,29)/t13?,14?,18-/m0/s1. The van der Waals surface area contributed by atoms with E-state index in [1.165, 1.54) is 11.1 Å². The number of nitrogens with zero attached hydrogens (tertiary/aromatic N) is 2. The lowest BCUT2D eigenvalue weighted by Crippen LogP contribution is -2.34. The summed E-state index contributed by atoms with van der Waals surface area (Å²) < 4.78 is 0. The van der Waals surface area contributed by atoms with Gasteiger partial charge >= 0.3 is 0 Å². The molecule has 5 N–H and O–H groups in total. The number of H-pyrrole nitrogens is 1. The van der Waals surface area contributed by atoms with Crippen LogP contribution in [0.4, 0.5) is 11.4 Å². The highest BCUT2D eigenvalue weighted by Crippen LogP contribution is 2.30. The third-order valence-electron chi connectivity index (χ3n) is 5.93. The van der Waals surface area contributed by atoms with Crippen LogP contribution < -0.4 is 21.9 Å². The Hall–Kier alpha value is -3.11. The summed E-state index contributed by atoms with van der Waals surface area (Å²) in [7, 11) is 0. The number of fused-ring (bicyclic) bond motifs is 1. The lowest BCUT2D eigenvalue weighted by atomic mass is 9.85. The van der Waals surface area contributed by atoms with Crippen LogP contribution in [-0.4, -0.2) is 16.9 Å².